The Balaban J connectivity index is 1.78. The fourth-order valence-corrected chi connectivity index (χ4v) is 3.47. The average Bonchev–Trinajstić information content (AvgIpc) is 2.74. The number of nitrogens with two attached hydrogens (primary N) is 1. The highest BCUT2D eigenvalue weighted by Crippen LogP contribution is 2.29. The molecule has 0 aliphatic carbocycles. The maximum atomic E-state index is 6.21. The number of ether oxygens (including phenoxy) is 3. The molecule has 0 saturated carbocycles. The monoisotopic (exact) mass is 398 g/mol. The van der Waals surface area contributed by atoms with Crippen molar-refractivity contribution in [3.05, 3.63) is 53.6 Å². The molecule has 0 spiro atoms. The average molecular weight is 399 g/mol. The number of nitrogens with one attached hydrogen (secondary N) is 1. The van der Waals surface area contributed by atoms with Crippen molar-refractivity contribution < 1.29 is 14.2 Å². The van der Waals surface area contributed by atoms with Gasteiger partial charge in [0.1, 0.15) is 11.5 Å². The number of hydrogen-bond acceptors (Lipinski definition) is 5. The molecule has 7 heteroatoms. The molecule has 1 unspecified atom stereocenters. The first-order valence-electron chi connectivity index (χ1n) is 9.78. The molecule has 29 heavy (non-hydrogen) atoms. The van der Waals surface area contributed by atoms with Crippen LogP contribution in [0.1, 0.15) is 17.2 Å². The molecule has 0 amide bonds. The van der Waals surface area contributed by atoms with Gasteiger partial charge in [0.05, 0.1) is 45.7 Å². The van der Waals surface area contributed by atoms with Crippen molar-refractivity contribution in [1.29, 1.82) is 0 Å². The molecule has 0 bridgehead atoms. The van der Waals surface area contributed by atoms with Gasteiger partial charge in [-0.1, -0.05) is 29.8 Å². The first-order chi connectivity index (χ1) is 14.1. The van der Waals surface area contributed by atoms with E-state index < -0.39 is 0 Å². The van der Waals surface area contributed by atoms with Crippen LogP contribution >= 0.6 is 0 Å². The Morgan fingerprint density at radius 3 is 2.66 bits per heavy atom. The minimum absolute atomic E-state index is 0.145. The van der Waals surface area contributed by atoms with E-state index in [1.165, 1.54) is 11.1 Å². The SMILES string of the molecule is COc1ccc(OC)c(NC(N)=NCC(c2cccc(C)c2)N2CCOCC2)c1. The van der Waals surface area contributed by atoms with Crippen LogP contribution < -0.4 is 20.5 Å². The summed E-state index contributed by atoms with van der Waals surface area (Å²) < 4.78 is 16.2. The summed E-state index contributed by atoms with van der Waals surface area (Å²) in [7, 11) is 3.24. The van der Waals surface area contributed by atoms with Crippen molar-refractivity contribution in [1.82, 2.24) is 4.90 Å². The molecule has 1 aliphatic heterocycles. The second-order valence-electron chi connectivity index (χ2n) is 7.00. The number of aliphatic imine (C=N–C) groups is 1. The number of methoxy groups -OCH3 is 2. The molecular formula is C22H30N4O3. The van der Waals surface area contributed by atoms with Crippen molar-refractivity contribution >= 4 is 11.6 Å². The molecule has 156 valence electrons. The van der Waals surface area contributed by atoms with Crippen LogP contribution in [0.5, 0.6) is 11.5 Å². The van der Waals surface area contributed by atoms with Gasteiger partial charge in [-0.2, -0.15) is 0 Å². The maximum Gasteiger partial charge on any atom is 0.193 e. The van der Waals surface area contributed by atoms with Crippen LogP contribution in [-0.4, -0.2) is 57.9 Å². The zero-order chi connectivity index (χ0) is 20.6. The molecule has 7 nitrogen and oxygen atoms in total. The number of benzene rings is 2. The smallest absolute Gasteiger partial charge is 0.193 e. The summed E-state index contributed by atoms with van der Waals surface area (Å²) in [6.07, 6.45) is 0. The lowest BCUT2D eigenvalue weighted by Gasteiger charge is -2.34. The van der Waals surface area contributed by atoms with Gasteiger partial charge >= 0.3 is 0 Å². The van der Waals surface area contributed by atoms with Crippen LogP contribution in [0.15, 0.2) is 47.5 Å². The number of nitrogens with zero attached hydrogens (tertiary/aromatic N) is 2. The number of morpholine rings is 1. The van der Waals surface area contributed by atoms with Crippen LogP contribution in [0.25, 0.3) is 0 Å². The highest BCUT2D eigenvalue weighted by molar-refractivity contribution is 5.94. The van der Waals surface area contributed by atoms with Gasteiger partial charge in [-0.3, -0.25) is 9.89 Å². The number of rotatable bonds is 7. The molecule has 1 atom stereocenters. The predicted molar refractivity (Wildman–Crippen MR) is 116 cm³/mol. The standard InChI is InChI=1S/C22H30N4O3/c1-16-5-4-6-17(13-16)20(26-9-11-29-12-10-26)15-24-22(23)25-19-14-18(27-2)7-8-21(19)28-3/h4-8,13-14,20H,9-12,15H2,1-3H3,(H3,23,24,25). The summed E-state index contributed by atoms with van der Waals surface area (Å²) in [5, 5.41) is 3.14. The molecule has 1 saturated heterocycles. The fraction of sp³-hybridized carbons (Fsp3) is 0.409. The first kappa shape index (κ1) is 21.0. The Bertz CT molecular complexity index is 835. The van der Waals surface area contributed by atoms with Crippen LogP contribution in [0.3, 0.4) is 0 Å². The summed E-state index contributed by atoms with van der Waals surface area (Å²) in [4.78, 5) is 7.04. The van der Waals surface area contributed by atoms with Crippen molar-refractivity contribution in [3.8, 4) is 11.5 Å². The Kier molecular flexibility index (Phi) is 7.32. The van der Waals surface area contributed by atoms with E-state index >= 15 is 0 Å². The van der Waals surface area contributed by atoms with Gasteiger partial charge in [0, 0.05) is 19.2 Å². The highest BCUT2D eigenvalue weighted by atomic mass is 16.5. The molecule has 1 fully saturated rings. The van der Waals surface area contributed by atoms with E-state index in [-0.39, 0.29) is 6.04 Å². The summed E-state index contributed by atoms with van der Waals surface area (Å²) in [6.45, 7) is 5.89. The van der Waals surface area contributed by atoms with Gasteiger partial charge in [-0.05, 0) is 24.6 Å². The Morgan fingerprint density at radius 2 is 1.97 bits per heavy atom. The van der Waals surface area contributed by atoms with Gasteiger partial charge in [0.2, 0.25) is 0 Å². The van der Waals surface area contributed by atoms with Crippen LogP contribution in [-0.2, 0) is 4.74 Å². The van der Waals surface area contributed by atoms with Crippen molar-refractivity contribution in [2.75, 3.05) is 52.4 Å². The topological polar surface area (TPSA) is 81.3 Å². The molecule has 3 N–H and O–H groups in total. The third kappa shape index (κ3) is 5.62. The third-order valence-corrected chi connectivity index (χ3v) is 5.02. The molecular weight excluding hydrogens is 368 g/mol. The third-order valence-electron chi connectivity index (χ3n) is 5.02. The molecule has 2 aromatic carbocycles. The lowest BCUT2D eigenvalue weighted by molar-refractivity contribution is 0.0180. The van der Waals surface area contributed by atoms with E-state index in [2.05, 4.69) is 46.4 Å². The van der Waals surface area contributed by atoms with Gasteiger partial charge < -0.3 is 25.3 Å². The minimum atomic E-state index is 0.145. The van der Waals surface area contributed by atoms with E-state index in [1.807, 2.05) is 18.2 Å². The second-order valence-corrected chi connectivity index (χ2v) is 7.00. The molecule has 0 aromatic heterocycles. The normalized spacial score (nSPS) is 16.3. The lowest BCUT2D eigenvalue weighted by atomic mass is 10.0. The molecule has 3 rings (SSSR count). The second kappa shape index (κ2) is 10.1. The molecule has 2 aromatic rings. The summed E-state index contributed by atoms with van der Waals surface area (Å²) in [5.41, 5.74) is 9.39. The Labute approximate surface area is 172 Å². The summed E-state index contributed by atoms with van der Waals surface area (Å²) in [5.74, 6) is 1.72. The van der Waals surface area contributed by atoms with Crippen LogP contribution in [0, 0.1) is 6.92 Å². The van der Waals surface area contributed by atoms with Gasteiger partial charge in [-0.15, -0.1) is 0 Å². The Morgan fingerprint density at radius 1 is 1.17 bits per heavy atom. The van der Waals surface area contributed by atoms with E-state index in [9.17, 15) is 0 Å². The lowest BCUT2D eigenvalue weighted by Crippen LogP contribution is -2.40. The predicted octanol–water partition coefficient (Wildman–Crippen LogP) is 2.81. The summed E-state index contributed by atoms with van der Waals surface area (Å²) in [6, 6.07) is 14.2. The summed E-state index contributed by atoms with van der Waals surface area (Å²) >= 11 is 0. The number of anilines is 1. The Hall–Kier alpha value is -2.77. The van der Waals surface area contributed by atoms with Gasteiger partial charge in [0.25, 0.3) is 0 Å². The molecule has 1 heterocycles. The van der Waals surface area contributed by atoms with E-state index in [0.717, 1.165) is 26.3 Å². The van der Waals surface area contributed by atoms with Crippen molar-refractivity contribution in [2.45, 2.75) is 13.0 Å². The minimum Gasteiger partial charge on any atom is -0.497 e. The molecule has 1 aliphatic rings. The fourth-order valence-electron chi connectivity index (χ4n) is 3.47. The van der Waals surface area contributed by atoms with Gasteiger partial charge in [0.15, 0.2) is 5.96 Å². The highest BCUT2D eigenvalue weighted by Gasteiger charge is 2.22. The molecule has 0 radical (unpaired) electrons. The number of aryl methyl sites for hydroxylation is 1. The first-order valence-corrected chi connectivity index (χ1v) is 9.78. The van der Waals surface area contributed by atoms with Crippen molar-refractivity contribution in [3.63, 3.8) is 0 Å². The number of hydrogen-bond donors (Lipinski definition) is 2. The van der Waals surface area contributed by atoms with E-state index in [0.29, 0.717) is 29.7 Å². The van der Waals surface area contributed by atoms with Crippen LogP contribution in [0.2, 0.25) is 0 Å². The number of guanidine groups is 1. The quantitative estimate of drug-likeness (QED) is 0.551. The van der Waals surface area contributed by atoms with E-state index in [1.54, 1.807) is 14.2 Å². The zero-order valence-corrected chi connectivity index (χ0v) is 17.4. The van der Waals surface area contributed by atoms with Gasteiger partial charge in [-0.25, -0.2) is 0 Å². The largest absolute Gasteiger partial charge is 0.497 e. The zero-order valence-electron chi connectivity index (χ0n) is 17.4. The van der Waals surface area contributed by atoms with Crippen molar-refractivity contribution in [2.24, 2.45) is 10.7 Å². The van der Waals surface area contributed by atoms with E-state index in [4.69, 9.17) is 19.9 Å². The van der Waals surface area contributed by atoms with Crippen LogP contribution in [0.4, 0.5) is 5.69 Å². The maximum absolute atomic E-state index is 6.21.